The molecule has 0 bridgehead atoms. The highest BCUT2D eigenvalue weighted by Crippen LogP contribution is 2.16. The molecule has 25 heavy (non-hydrogen) atoms. The first-order chi connectivity index (χ1) is 11.9. The van der Waals surface area contributed by atoms with Gasteiger partial charge in [-0.2, -0.15) is 0 Å². The fourth-order valence-corrected chi connectivity index (χ4v) is 3.17. The smallest absolute Gasteiger partial charge is 0.331 e. The third kappa shape index (κ3) is 3.71. The predicted octanol–water partition coefficient (Wildman–Crippen LogP) is 3.01. The molecule has 1 heterocycles. The topological polar surface area (TPSA) is 64.2 Å². The Bertz CT molecular complexity index is 1040. The van der Waals surface area contributed by atoms with E-state index in [-0.39, 0.29) is 18.6 Å². The highest BCUT2D eigenvalue weighted by atomic mass is 79.9. The van der Waals surface area contributed by atoms with E-state index in [1.807, 2.05) is 24.3 Å². The number of aliphatic hydroxyl groups excluding tert-OH is 1. The van der Waals surface area contributed by atoms with Crippen molar-refractivity contribution in [1.82, 2.24) is 9.13 Å². The molecule has 0 spiro atoms. The van der Waals surface area contributed by atoms with Gasteiger partial charge in [-0.25, -0.2) is 4.79 Å². The quantitative estimate of drug-likeness (QED) is 0.701. The maximum atomic E-state index is 12.9. The minimum Gasteiger partial charge on any atom is -0.392 e. The van der Waals surface area contributed by atoms with Crippen LogP contribution in [0.5, 0.6) is 0 Å². The van der Waals surface area contributed by atoms with Crippen LogP contribution in [0.4, 0.5) is 0 Å². The number of benzene rings is 2. The normalized spacial score (nSPS) is 12.5. The van der Waals surface area contributed by atoms with Crippen LogP contribution < -0.4 is 11.2 Å². The summed E-state index contributed by atoms with van der Waals surface area (Å²) < 4.78 is 3.50. The van der Waals surface area contributed by atoms with Gasteiger partial charge < -0.3 is 5.11 Å². The Morgan fingerprint density at radius 3 is 2.44 bits per heavy atom. The Hall–Kier alpha value is -1.89. The number of fused-ring (bicyclic) bond motifs is 1. The van der Waals surface area contributed by atoms with Crippen LogP contribution in [0.15, 0.2) is 56.5 Å². The summed E-state index contributed by atoms with van der Waals surface area (Å²) in [6.45, 7) is 1.83. The van der Waals surface area contributed by atoms with Crippen LogP contribution in [-0.2, 0) is 13.1 Å². The van der Waals surface area contributed by atoms with Crippen LogP contribution in [0.2, 0.25) is 5.02 Å². The fourth-order valence-electron chi connectivity index (χ4n) is 2.74. The molecule has 1 N–H and O–H groups in total. The Kier molecular flexibility index (Phi) is 5.13. The molecule has 3 aromatic rings. The van der Waals surface area contributed by atoms with Crippen LogP contribution in [0.1, 0.15) is 12.5 Å². The zero-order valence-corrected chi connectivity index (χ0v) is 15.8. The number of aliphatic hydroxyl groups is 1. The van der Waals surface area contributed by atoms with Gasteiger partial charge in [0.2, 0.25) is 0 Å². The van der Waals surface area contributed by atoms with Crippen LogP contribution in [0.25, 0.3) is 10.9 Å². The first kappa shape index (κ1) is 17.9. The van der Waals surface area contributed by atoms with E-state index >= 15 is 0 Å². The molecule has 1 aromatic heterocycles. The largest absolute Gasteiger partial charge is 0.392 e. The van der Waals surface area contributed by atoms with Crippen molar-refractivity contribution in [2.75, 3.05) is 0 Å². The second kappa shape index (κ2) is 7.15. The third-order valence-electron chi connectivity index (χ3n) is 3.89. The second-order valence-corrected chi connectivity index (χ2v) is 7.27. The van der Waals surface area contributed by atoms with E-state index < -0.39 is 11.8 Å². The lowest BCUT2D eigenvalue weighted by Gasteiger charge is -2.15. The summed E-state index contributed by atoms with van der Waals surface area (Å²) in [5, 5.41) is 10.6. The fraction of sp³-hybridized carbons (Fsp3) is 0.222. The van der Waals surface area contributed by atoms with Gasteiger partial charge in [0.05, 0.1) is 30.1 Å². The van der Waals surface area contributed by atoms with Crippen molar-refractivity contribution in [2.45, 2.75) is 26.1 Å². The zero-order chi connectivity index (χ0) is 18.1. The third-order valence-corrected chi connectivity index (χ3v) is 4.65. The molecular formula is C18H16BrClN2O3. The van der Waals surface area contributed by atoms with Crippen molar-refractivity contribution >= 4 is 38.4 Å². The van der Waals surface area contributed by atoms with Gasteiger partial charge in [0.15, 0.2) is 0 Å². The molecule has 0 aliphatic rings. The molecule has 2 aromatic carbocycles. The lowest BCUT2D eigenvalue weighted by atomic mass is 10.2. The lowest BCUT2D eigenvalue weighted by Crippen LogP contribution is -2.41. The van der Waals surface area contributed by atoms with E-state index in [0.29, 0.717) is 15.9 Å². The van der Waals surface area contributed by atoms with Gasteiger partial charge in [0.1, 0.15) is 0 Å². The van der Waals surface area contributed by atoms with Gasteiger partial charge in [0, 0.05) is 9.50 Å². The molecule has 3 rings (SSSR count). The summed E-state index contributed by atoms with van der Waals surface area (Å²) in [7, 11) is 0. The molecule has 0 fully saturated rings. The van der Waals surface area contributed by atoms with Crippen molar-refractivity contribution in [3.8, 4) is 0 Å². The van der Waals surface area contributed by atoms with Crippen molar-refractivity contribution < 1.29 is 5.11 Å². The van der Waals surface area contributed by atoms with Gasteiger partial charge in [-0.1, -0.05) is 39.7 Å². The molecule has 0 aliphatic heterocycles. The number of nitrogens with zero attached hydrogens (tertiary/aromatic N) is 2. The standard InChI is InChI=1S/C18H16BrClN2O3/c1-11(23)9-21-16-8-14(20)6-7-15(16)17(24)22(18(21)25)10-12-2-4-13(19)5-3-12/h2-8,11,23H,9-10H2,1H3/t11-/m1/s1. The minimum absolute atomic E-state index is 0.0797. The number of aromatic nitrogens is 2. The van der Waals surface area contributed by atoms with Crippen molar-refractivity contribution in [2.24, 2.45) is 0 Å². The van der Waals surface area contributed by atoms with Gasteiger partial charge in [0.25, 0.3) is 5.56 Å². The van der Waals surface area contributed by atoms with Gasteiger partial charge in [-0.15, -0.1) is 0 Å². The van der Waals surface area contributed by atoms with Gasteiger partial charge in [-0.05, 0) is 42.8 Å². The lowest BCUT2D eigenvalue weighted by molar-refractivity contribution is 0.172. The monoisotopic (exact) mass is 422 g/mol. The van der Waals surface area contributed by atoms with Gasteiger partial charge >= 0.3 is 5.69 Å². The minimum atomic E-state index is -0.737. The van der Waals surface area contributed by atoms with E-state index in [0.717, 1.165) is 10.0 Å². The molecular weight excluding hydrogens is 408 g/mol. The first-order valence-corrected chi connectivity index (χ1v) is 8.89. The van der Waals surface area contributed by atoms with E-state index in [9.17, 15) is 14.7 Å². The first-order valence-electron chi connectivity index (χ1n) is 7.72. The number of rotatable bonds is 4. The number of halogens is 2. The Labute approximate surface area is 157 Å². The highest BCUT2D eigenvalue weighted by molar-refractivity contribution is 9.10. The SMILES string of the molecule is C[C@@H](O)Cn1c(=O)n(Cc2ccc(Br)cc2)c(=O)c2ccc(Cl)cc21. The molecule has 0 saturated heterocycles. The maximum Gasteiger partial charge on any atom is 0.331 e. The van der Waals surface area contributed by atoms with E-state index in [1.54, 1.807) is 25.1 Å². The summed E-state index contributed by atoms with van der Waals surface area (Å²) in [4.78, 5) is 25.7. The van der Waals surface area contributed by atoms with Crippen LogP contribution in [0.3, 0.4) is 0 Å². The summed E-state index contributed by atoms with van der Waals surface area (Å²) in [5.41, 5.74) is 0.416. The molecule has 0 aliphatic carbocycles. The molecule has 1 atom stereocenters. The summed E-state index contributed by atoms with van der Waals surface area (Å²) in [5.74, 6) is 0. The molecule has 5 nitrogen and oxygen atoms in total. The van der Waals surface area contributed by atoms with Crippen LogP contribution in [-0.4, -0.2) is 20.3 Å². The number of hydrogen-bond donors (Lipinski definition) is 1. The Morgan fingerprint density at radius 1 is 1.12 bits per heavy atom. The molecule has 130 valence electrons. The molecule has 0 saturated carbocycles. The second-order valence-electron chi connectivity index (χ2n) is 5.92. The van der Waals surface area contributed by atoms with Crippen LogP contribution in [0, 0.1) is 0 Å². The van der Waals surface area contributed by atoms with E-state index in [2.05, 4.69) is 15.9 Å². The highest BCUT2D eigenvalue weighted by Gasteiger charge is 2.15. The van der Waals surface area contributed by atoms with E-state index in [1.165, 1.54) is 9.13 Å². The molecule has 0 amide bonds. The number of hydrogen-bond acceptors (Lipinski definition) is 3. The van der Waals surface area contributed by atoms with Crippen molar-refractivity contribution in [1.29, 1.82) is 0 Å². The zero-order valence-electron chi connectivity index (χ0n) is 13.4. The Morgan fingerprint density at radius 2 is 1.80 bits per heavy atom. The average Bonchev–Trinajstić information content (AvgIpc) is 2.57. The Balaban J connectivity index is 2.24. The average molecular weight is 424 g/mol. The summed E-state index contributed by atoms with van der Waals surface area (Å²) in [6, 6.07) is 12.2. The molecule has 0 unspecified atom stereocenters. The van der Waals surface area contributed by atoms with Crippen LogP contribution >= 0.6 is 27.5 Å². The molecule has 7 heteroatoms. The van der Waals surface area contributed by atoms with E-state index in [4.69, 9.17) is 11.6 Å². The van der Waals surface area contributed by atoms with Gasteiger partial charge in [-0.3, -0.25) is 13.9 Å². The maximum absolute atomic E-state index is 12.9. The molecule has 0 radical (unpaired) electrons. The van der Waals surface area contributed by atoms with Crippen molar-refractivity contribution in [3.05, 3.63) is 78.4 Å². The van der Waals surface area contributed by atoms with Crippen molar-refractivity contribution in [3.63, 3.8) is 0 Å². The summed E-state index contributed by atoms with van der Waals surface area (Å²) in [6.07, 6.45) is -0.737. The summed E-state index contributed by atoms with van der Waals surface area (Å²) >= 11 is 9.39. The predicted molar refractivity (Wildman–Crippen MR) is 102 cm³/mol.